The Hall–Kier alpha value is -4.41. The van der Waals surface area contributed by atoms with Gasteiger partial charge in [0.1, 0.15) is 12.2 Å². The van der Waals surface area contributed by atoms with Crippen molar-refractivity contribution in [2.24, 2.45) is 5.41 Å². The van der Waals surface area contributed by atoms with Gasteiger partial charge in [0.25, 0.3) is 0 Å². The van der Waals surface area contributed by atoms with Crippen LogP contribution in [0.5, 0.6) is 0 Å². The number of nitrogens with zero attached hydrogens (tertiary/aromatic N) is 4. The molecule has 2 aromatic heterocycles. The molecule has 1 saturated carbocycles. The third kappa shape index (κ3) is 5.43. The average Bonchev–Trinajstić information content (AvgIpc) is 3.41. The highest BCUT2D eigenvalue weighted by atomic mass is 19.1. The Balaban J connectivity index is 1.60. The molecule has 0 radical (unpaired) electrons. The number of nitriles is 1. The first kappa shape index (κ1) is 26.2. The van der Waals surface area contributed by atoms with Gasteiger partial charge in [-0.2, -0.15) is 9.65 Å². The molecule has 0 bridgehead atoms. The van der Waals surface area contributed by atoms with Gasteiger partial charge in [0.05, 0.1) is 40.1 Å². The number of pyridine rings is 2. The van der Waals surface area contributed by atoms with E-state index in [-0.39, 0.29) is 11.5 Å². The summed E-state index contributed by atoms with van der Waals surface area (Å²) < 4.78 is 27.6. The molecule has 1 aromatic carbocycles. The molecule has 200 valence electrons. The summed E-state index contributed by atoms with van der Waals surface area (Å²) in [4.78, 5) is 8.49. The number of alkyl halides is 1. The number of rotatable bonds is 7. The summed E-state index contributed by atoms with van der Waals surface area (Å²) in [5.74, 6) is 2.11. The van der Waals surface area contributed by atoms with Crippen molar-refractivity contribution >= 4 is 22.3 Å². The number of nitrogens with one attached hydrogen (secondary N) is 4. The maximum absolute atomic E-state index is 13.9. The first-order valence-corrected chi connectivity index (χ1v) is 12.7. The van der Waals surface area contributed by atoms with E-state index in [2.05, 4.69) is 64.3 Å². The number of hydrogen-bond donors (Lipinski definition) is 4. The van der Waals surface area contributed by atoms with Gasteiger partial charge in [0.15, 0.2) is 0 Å². The van der Waals surface area contributed by atoms with Gasteiger partial charge in [-0.3, -0.25) is 9.99 Å². The number of aromatic nitrogens is 2. The first-order valence-electron chi connectivity index (χ1n) is 12.7. The van der Waals surface area contributed by atoms with E-state index < -0.39 is 18.2 Å². The van der Waals surface area contributed by atoms with Crippen molar-refractivity contribution in [1.82, 2.24) is 25.9 Å². The Morgan fingerprint density at radius 3 is 2.69 bits per heavy atom. The number of benzene rings is 1. The summed E-state index contributed by atoms with van der Waals surface area (Å²) in [5.41, 5.74) is 10.8. The fraction of sp³-hybridized carbons (Fsp3) is 0.345. The van der Waals surface area contributed by atoms with Crippen molar-refractivity contribution in [2.45, 2.75) is 52.4 Å². The number of hydrogen-bond acceptors (Lipinski definition) is 8. The summed E-state index contributed by atoms with van der Waals surface area (Å²) in [6, 6.07) is 8.05. The Labute approximate surface area is 226 Å². The number of aryl methyl sites for hydroxylation is 1. The second-order valence-electron chi connectivity index (χ2n) is 11.1. The molecule has 10 heteroatoms. The highest BCUT2D eigenvalue weighted by Crippen LogP contribution is 2.37. The highest BCUT2D eigenvalue weighted by molar-refractivity contribution is 5.99. The molecular weight excluding hydrogens is 498 g/mol. The molecule has 3 aromatic rings. The van der Waals surface area contributed by atoms with Crippen molar-refractivity contribution in [2.75, 3.05) is 17.2 Å². The topological polar surface area (TPSA) is 101 Å². The molecule has 0 unspecified atom stereocenters. The van der Waals surface area contributed by atoms with Crippen LogP contribution in [0.3, 0.4) is 0 Å². The minimum absolute atomic E-state index is 0.0206. The average molecular weight is 529 g/mol. The Bertz CT molecular complexity index is 1550. The minimum Gasteiger partial charge on any atom is -0.383 e. The molecule has 5 rings (SSSR count). The lowest BCUT2D eigenvalue weighted by Gasteiger charge is -2.24. The summed E-state index contributed by atoms with van der Waals surface area (Å²) in [7, 11) is 0. The van der Waals surface area contributed by atoms with Crippen LogP contribution in [-0.2, 0) is 0 Å². The molecule has 3 atom stereocenters. The van der Waals surface area contributed by atoms with Gasteiger partial charge in [-0.05, 0) is 30.5 Å². The van der Waals surface area contributed by atoms with Crippen LogP contribution in [0.4, 0.5) is 20.2 Å². The SMILES string of the molecule is C#Cc1cnc2c(C#N)cc(N[C@H](C3=CN([C@@H]4C[C@@H]4F)NN3)c3ccc(F)nc3C)cc2c1NCC(C)(C)C. The summed E-state index contributed by atoms with van der Waals surface area (Å²) >= 11 is 0. The van der Waals surface area contributed by atoms with Crippen molar-refractivity contribution in [3.05, 3.63) is 70.7 Å². The maximum Gasteiger partial charge on any atom is 0.213 e. The third-order valence-electron chi connectivity index (χ3n) is 6.71. The van der Waals surface area contributed by atoms with E-state index in [0.717, 1.165) is 5.69 Å². The fourth-order valence-electron chi connectivity index (χ4n) is 4.57. The zero-order chi connectivity index (χ0) is 27.9. The standard InChI is InChI=1S/C29H30F2N8/c1-6-17-13-33-27-18(12-32)9-19(10-21(27)26(17)34-15-29(3,4)5)36-28(20-7-8-25(31)35-16(20)2)23-14-39(38-37-23)24-11-22(24)30/h1,7-10,13-14,22,24,28,36-38H,11,15H2,2-5H3,(H,33,34)/t22-,24+,28-/m0/s1. The van der Waals surface area contributed by atoms with Crippen LogP contribution in [0.1, 0.15) is 55.6 Å². The molecule has 0 saturated heterocycles. The summed E-state index contributed by atoms with van der Waals surface area (Å²) in [6.07, 6.45) is 8.75. The molecule has 8 nitrogen and oxygen atoms in total. The normalized spacial score (nSPS) is 19.1. The van der Waals surface area contributed by atoms with Gasteiger partial charge in [-0.15, -0.1) is 12.0 Å². The molecule has 1 aliphatic carbocycles. The Kier molecular flexibility index (Phi) is 6.75. The van der Waals surface area contributed by atoms with Gasteiger partial charge < -0.3 is 16.1 Å². The van der Waals surface area contributed by atoms with Crippen LogP contribution in [0.15, 0.2) is 42.4 Å². The lowest BCUT2D eigenvalue weighted by atomic mass is 9.96. The number of hydrazine groups is 2. The number of halogens is 2. The van der Waals surface area contributed by atoms with Crippen LogP contribution in [0.2, 0.25) is 0 Å². The number of terminal acetylenes is 1. The quantitative estimate of drug-likeness (QED) is 0.256. The van der Waals surface area contributed by atoms with Crippen molar-refractivity contribution < 1.29 is 8.78 Å². The zero-order valence-electron chi connectivity index (χ0n) is 22.2. The largest absolute Gasteiger partial charge is 0.383 e. The molecule has 39 heavy (non-hydrogen) atoms. The smallest absolute Gasteiger partial charge is 0.213 e. The lowest BCUT2D eigenvalue weighted by molar-refractivity contribution is 0.236. The van der Waals surface area contributed by atoms with Gasteiger partial charge in [-0.25, -0.2) is 9.37 Å². The summed E-state index contributed by atoms with van der Waals surface area (Å²) in [6.45, 7) is 8.72. The van der Waals surface area contributed by atoms with Gasteiger partial charge in [0.2, 0.25) is 5.95 Å². The lowest BCUT2D eigenvalue weighted by Crippen LogP contribution is -2.39. The van der Waals surface area contributed by atoms with E-state index in [4.69, 9.17) is 6.42 Å². The van der Waals surface area contributed by atoms with Gasteiger partial charge in [0, 0.05) is 47.7 Å². The van der Waals surface area contributed by atoms with Crippen molar-refractivity contribution in [3.8, 4) is 18.4 Å². The van der Waals surface area contributed by atoms with Crippen LogP contribution in [0.25, 0.3) is 10.9 Å². The zero-order valence-corrected chi connectivity index (χ0v) is 22.2. The van der Waals surface area contributed by atoms with E-state index in [1.807, 2.05) is 6.07 Å². The molecular formula is C29H30F2N8. The van der Waals surface area contributed by atoms with Gasteiger partial charge >= 0.3 is 0 Å². The summed E-state index contributed by atoms with van der Waals surface area (Å²) in [5, 5.41) is 19.3. The number of fused-ring (bicyclic) bond motifs is 1. The van der Waals surface area contributed by atoms with Crippen LogP contribution in [0, 0.1) is 42.0 Å². The van der Waals surface area contributed by atoms with E-state index in [9.17, 15) is 14.0 Å². The predicted octanol–water partition coefficient (Wildman–Crippen LogP) is 4.82. The fourth-order valence-corrected chi connectivity index (χ4v) is 4.57. The predicted molar refractivity (Wildman–Crippen MR) is 147 cm³/mol. The van der Waals surface area contributed by atoms with E-state index >= 15 is 0 Å². The van der Waals surface area contributed by atoms with Gasteiger partial charge in [-0.1, -0.05) is 32.8 Å². The maximum atomic E-state index is 13.9. The molecule has 3 heterocycles. The van der Waals surface area contributed by atoms with E-state index in [0.29, 0.717) is 57.6 Å². The molecule has 1 fully saturated rings. The van der Waals surface area contributed by atoms with Crippen molar-refractivity contribution in [3.63, 3.8) is 0 Å². The Morgan fingerprint density at radius 1 is 1.28 bits per heavy atom. The molecule has 0 spiro atoms. The molecule has 4 N–H and O–H groups in total. The number of anilines is 2. The second kappa shape index (κ2) is 10.0. The van der Waals surface area contributed by atoms with E-state index in [1.165, 1.54) is 6.07 Å². The van der Waals surface area contributed by atoms with E-state index in [1.54, 1.807) is 36.5 Å². The monoisotopic (exact) mass is 528 g/mol. The molecule has 1 aliphatic heterocycles. The Morgan fingerprint density at radius 2 is 2.05 bits per heavy atom. The van der Waals surface area contributed by atoms with Crippen molar-refractivity contribution in [1.29, 1.82) is 5.26 Å². The van der Waals surface area contributed by atoms with Crippen LogP contribution in [-0.4, -0.2) is 33.7 Å². The highest BCUT2D eigenvalue weighted by Gasteiger charge is 2.43. The van der Waals surface area contributed by atoms with Crippen LogP contribution >= 0.6 is 0 Å². The third-order valence-corrected chi connectivity index (χ3v) is 6.71. The minimum atomic E-state index is -0.897. The molecule has 0 amide bonds. The first-order chi connectivity index (χ1) is 18.6. The molecule has 2 aliphatic rings. The van der Waals surface area contributed by atoms with Crippen LogP contribution < -0.4 is 21.6 Å². The second-order valence-corrected chi connectivity index (χ2v) is 11.1.